The monoisotopic (exact) mass is 288 g/mol. The second kappa shape index (κ2) is 5.92. The molecule has 0 aromatic carbocycles. The molecule has 7 nitrogen and oxygen atoms in total. The smallest absolute Gasteiger partial charge is 0.277 e. The quantitative estimate of drug-likeness (QED) is 0.921. The zero-order valence-corrected chi connectivity index (χ0v) is 11.7. The topological polar surface area (TPSA) is 80.5 Å². The van der Waals surface area contributed by atoms with Crippen LogP contribution in [-0.2, 0) is 4.74 Å². The number of nitrogens with one attached hydrogen (secondary N) is 1. The lowest BCUT2D eigenvalue weighted by Crippen LogP contribution is -2.37. The number of pyridine rings is 1. The van der Waals surface area contributed by atoms with E-state index in [1.54, 1.807) is 19.2 Å². The van der Waals surface area contributed by atoms with Crippen LogP contribution in [0.1, 0.15) is 16.2 Å². The molecule has 1 saturated heterocycles. The fourth-order valence-corrected chi connectivity index (χ4v) is 2.23. The van der Waals surface area contributed by atoms with Crippen molar-refractivity contribution >= 4 is 17.4 Å². The van der Waals surface area contributed by atoms with Crippen LogP contribution < -0.4 is 10.2 Å². The van der Waals surface area contributed by atoms with Gasteiger partial charge in [-0.15, -0.1) is 0 Å². The van der Waals surface area contributed by atoms with Gasteiger partial charge < -0.3 is 19.4 Å². The van der Waals surface area contributed by atoms with Crippen molar-refractivity contribution in [1.82, 2.24) is 9.97 Å². The van der Waals surface area contributed by atoms with Crippen molar-refractivity contribution in [3.05, 3.63) is 36.2 Å². The first kappa shape index (κ1) is 13.6. The van der Waals surface area contributed by atoms with Gasteiger partial charge in [0.15, 0.2) is 17.9 Å². The number of aromatic nitrogens is 2. The number of hydrogen-bond donors (Lipinski definition) is 1. The Balaban J connectivity index is 1.82. The van der Waals surface area contributed by atoms with Crippen molar-refractivity contribution < 1.29 is 13.9 Å². The highest BCUT2D eigenvalue weighted by Crippen LogP contribution is 2.24. The summed E-state index contributed by atoms with van der Waals surface area (Å²) in [6.45, 7) is 4.53. The van der Waals surface area contributed by atoms with E-state index in [-0.39, 0.29) is 11.6 Å². The number of rotatable bonds is 3. The molecule has 3 heterocycles. The third-order valence-electron chi connectivity index (χ3n) is 3.31. The van der Waals surface area contributed by atoms with Crippen molar-refractivity contribution in [2.45, 2.75) is 6.92 Å². The highest BCUT2D eigenvalue weighted by Gasteiger charge is 2.19. The van der Waals surface area contributed by atoms with E-state index in [1.807, 2.05) is 6.07 Å². The average molecular weight is 288 g/mol. The molecule has 110 valence electrons. The first-order valence-corrected chi connectivity index (χ1v) is 6.75. The first-order chi connectivity index (χ1) is 10.3. The minimum absolute atomic E-state index is 0.284. The zero-order valence-electron chi connectivity index (χ0n) is 11.7. The molecule has 0 bridgehead atoms. The average Bonchev–Trinajstić information content (AvgIpc) is 2.95. The van der Waals surface area contributed by atoms with E-state index in [0.29, 0.717) is 24.7 Å². The van der Waals surface area contributed by atoms with Gasteiger partial charge in [0.05, 0.1) is 18.9 Å². The number of carbonyl (C=O) groups excluding carboxylic acids is 1. The van der Waals surface area contributed by atoms with Crippen LogP contribution in [0.3, 0.4) is 0 Å². The molecule has 2 aromatic heterocycles. The van der Waals surface area contributed by atoms with Crippen LogP contribution >= 0.6 is 0 Å². The maximum Gasteiger partial charge on any atom is 0.277 e. The molecule has 1 fully saturated rings. The van der Waals surface area contributed by atoms with Crippen LogP contribution in [0.2, 0.25) is 0 Å². The number of hydrogen-bond acceptors (Lipinski definition) is 6. The molecular weight excluding hydrogens is 272 g/mol. The van der Waals surface area contributed by atoms with E-state index >= 15 is 0 Å². The summed E-state index contributed by atoms with van der Waals surface area (Å²) in [5.74, 6) is 0.934. The largest absolute Gasteiger partial charge is 0.448 e. The van der Waals surface area contributed by atoms with Crippen LogP contribution in [0, 0.1) is 6.92 Å². The first-order valence-electron chi connectivity index (χ1n) is 6.75. The Hall–Kier alpha value is -2.41. The Morgan fingerprint density at radius 3 is 2.86 bits per heavy atom. The van der Waals surface area contributed by atoms with Gasteiger partial charge in [0.2, 0.25) is 0 Å². The summed E-state index contributed by atoms with van der Waals surface area (Å²) in [5.41, 5.74) is 0.943. The molecular formula is C14H16N4O3. The number of amides is 1. The summed E-state index contributed by atoms with van der Waals surface area (Å²) in [7, 11) is 0. The van der Waals surface area contributed by atoms with Crippen molar-refractivity contribution in [2.75, 3.05) is 36.5 Å². The Labute approximate surface area is 121 Å². The normalized spacial score (nSPS) is 15.0. The van der Waals surface area contributed by atoms with Gasteiger partial charge in [0.1, 0.15) is 5.76 Å². The van der Waals surface area contributed by atoms with E-state index in [2.05, 4.69) is 20.2 Å². The number of aryl methyl sites for hydroxylation is 1. The van der Waals surface area contributed by atoms with Gasteiger partial charge in [-0.05, 0) is 19.1 Å². The molecule has 1 aliphatic rings. The second-order valence-electron chi connectivity index (χ2n) is 4.69. The van der Waals surface area contributed by atoms with Gasteiger partial charge in [-0.3, -0.25) is 4.79 Å². The third-order valence-corrected chi connectivity index (χ3v) is 3.31. The van der Waals surface area contributed by atoms with E-state index in [4.69, 9.17) is 9.15 Å². The fraction of sp³-hybridized carbons (Fsp3) is 0.357. The minimum Gasteiger partial charge on any atom is -0.448 e. The summed E-state index contributed by atoms with van der Waals surface area (Å²) in [6.07, 6.45) is 2.97. The van der Waals surface area contributed by atoms with E-state index in [0.717, 1.165) is 18.9 Å². The maximum absolute atomic E-state index is 12.2. The Kier molecular flexibility index (Phi) is 3.83. The molecule has 2 aromatic rings. The van der Waals surface area contributed by atoms with Crippen LogP contribution in [-0.4, -0.2) is 42.2 Å². The molecule has 0 unspecified atom stereocenters. The van der Waals surface area contributed by atoms with Crippen LogP contribution in [0.5, 0.6) is 0 Å². The summed E-state index contributed by atoms with van der Waals surface area (Å²) in [4.78, 5) is 22.6. The van der Waals surface area contributed by atoms with E-state index < -0.39 is 0 Å². The predicted molar refractivity (Wildman–Crippen MR) is 76.5 cm³/mol. The van der Waals surface area contributed by atoms with Crippen molar-refractivity contribution in [3.8, 4) is 0 Å². The van der Waals surface area contributed by atoms with Gasteiger partial charge in [-0.2, -0.15) is 0 Å². The highest BCUT2D eigenvalue weighted by molar-refractivity contribution is 6.04. The molecule has 0 atom stereocenters. The number of carbonyl (C=O) groups is 1. The van der Waals surface area contributed by atoms with Crippen molar-refractivity contribution in [3.63, 3.8) is 0 Å². The minimum atomic E-state index is -0.302. The van der Waals surface area contributed by atoms with Gasteiger partial charge >= 0.3 is 0 Å². The number of ether oxygens (including phenoxy) is 1. The predicted octanol–water partition coefficient (Wildman–Crippen LogP) is 1.47. The molecule has 1 aliphatic heterocycles. The lowest BCUT2D eigenvalue weighted by Gasteiger charge is -2.29. The fourth-order valence-electron chi connectivity index (χ4n) is 2.23. The van der Waals surface area contributed by atoms with Crippen LogP contribution in [0.25, 0.3) is 0 Å². The van der Waals surface area contributed by atoms with Gasteiger partial charge in [0, 0.05) is 19.3 Å². The summed E-state index contributed by atoms with van der Waals surface area (Å²) in [6, 6.07) is 3.61. The number of anilines is 2. The molecule has 0 aliphatic carbocycles. The molecule has 0 saturated carbocycles. The molecule has 0 radical (unpaired) electrons. The van der Waals surface area contributed by atoms with Gasteiger partial charge in [0.25, 0.3) is 5.91 Å². The summed E-state index contributed by atoms with van der Waals surface area (Å²) >= 11 is 0. The van der Waals surface area contributed by atoms with Crippen molar-refractivity contribution in [1.29, 1.82) is 0 Å². The number of nitrogens with zero attached hydrogens (tertiary/aromatic N) is 3. The van der Waals surface area contributed by atoms with Gasteiger partial charge in [-0.25, -0.2) is 9.97 Å². The molecule has 3 rings (SSSR count). The molecule has 1 amide bonds. The lowest BCUT2D eigenvalue weighted by molar-refractivity contribution is 0.102. The standard InChI is InChI=1S/C14H16N4O3/c1-10-12(16-9-21-10)14(19)17-11-3-2-4-15-13(11)18-5-7-20-8-6-18/h2-4,9H,5-8H2,1H3,(H,17,19). The Bertz CT molecular complexity index is 635. The number of oxazole rings is 1. The SMILES string of the molecule is Cc1ocnc1C(=O)Nc1cccnc1N1CCOCC1. The molecule has 1 N–H and O–H groups in total. The summed E-state index contributed by atoms with van der Waals surface area (Å²) < 4.78 is 10.4. The number of morpholine rings is 1. The maximum atomic E-state index is 12.2. The Morgan fingerprint density at radius 2 is 2.14 bits per heavy atom. The third kappa shape index (κ3) is 2.87. The van der Waals surface area contributed by atoms with Gasteiger partial charge in [-0.1, -0.05) is 0 Å². The molecule has 0 spiro atoms. The molecule has 21 heavy (non-hydrogen) atoms. The summed E-state index contributed by atoms with van der Waals surface area (Å²) in [5, 5.41) is 2.84. The lowest BCUT2D eigenvalue weighted by atomic mass is 10.3. The highest BCUT2D eigenvalue weighted by atomic mass is 16.5. The van der Waals surface area contributed by atoms with Crippen LogP contribution in [0.15, 0.2) is 29.1 Å². The van der Waals surface area contributed by atoms with E-state index in [1.165, 1.54) is 6.39 Å². The van der Waals surface area contributed by atoms with Crippen LogP contribution in [0.4, 0.5) is 11.5 Å². The van der Waals surface area contributed by atoms with Crippen molar-refractivity contribution in [2.24, 2.45) is 0 Å². The molecule has 7 heteroatoms. The Morgan fingerprint density at radius 1 is 1.33 bits per heavy atom. The zero-order chi connectivity index (χ0) is 14.7. The van der Waals surface area contributed by atoms with E-state index in [9.17, 15) is 4.79 Å². The second-order valence-corrected chi connectivity index (χ2v) is 4.69.